The Hall–Kier alpha value is -1.85. The van der Waals surface area contributed by atoms with Gasteiger partial charge < -0.3 is 13.9 Å². The molecular formula is C10H14N4O2. The first kappa shape index (κ1) is 10.7. The maximum Gasteiger partial charge on any atom is 0.265 e. The number of nitrogens with zero attached hydrogens (tertiary/aromatic N) is 4. The number of hydrogen-bond acceptors (Lipinski definition) is 6. The minimum atomic E-state index is 0.589. The molecule has 86 valence electrons. The summed E-state index contributed by atoms with van der Waals surface area (Å²) in [5.41, 5.74) is 0.905. The highest BCUT2D eigenvalue weighted by atomic mass is 16.5. The Labute approximate surface area is 93.2 Å². The van der Waals surface area contributed by atoms with Crippen molar-refractivity contribution in [3.8, 4) is 0 Å². The van der Waals surface area contributed by atoms with Gasteiger partial charge in [0.1, 0.15) is 5.76 Å². The Morgan fingerprint density at radius 2 is 2.00 bits per heavy atom. The Kier molecular flexibility index (Phi) is 2.89. The van der Waals surface area contributed by atoms with Gasteiger partial charge in [-0.3, -0.25) is 0 Å². The molecule has 0 atom stereocenters. The molecule has 0 aliphatic rings. The normalized spacial score (nSPS) is 10.7. The summed E-state index contributed by atoms with van der Waals surface area (Å²) in [5, 5.41) is 7.73. The van der Waals surface area contributed by atoms with Crippen molar-refractivity contribution in [1.82, 2.24) is 15.3 Å². The van der Waals surface area contributed by atoms with Crippen LogP contribution < -0.4 is 4.90 Å². The van der Waals surface area contributed by atoms with Gasteiger partial charge in [-0.1, -0.05) is 5.16 Å². The van der Waals surface area contributed by atoms with Gasteiger partial charge in [-0.05, 0) is 12.1 Å². The van der Waals surface area contributed by atoms with E-state index in [1.165, 1.54) is 0 Å². The van der Waals surface area contributed by atoms with Gasteiger partial charge in [-0.25, -0.2) is 0 Å². The first-order valence-corrected chi connectivity index (χ1v) is 5.07. The van der Waals surface area contributed by atoms with E-state index in [1.54, 1.807) is 4.90 Å². The summed E-state index contributed by atoms with van der Waals surface area (Å²) in [6.07, 6.45) is 1.42. The SMILES string of the molecule is Cc1cc(CCc2nc(N(C)C)no2)no1. The quantitative estimate of drug-likeness (QED) is 0.774. The van der Waals surface area contributed by atoms with Crippen LogP contribution in [0.2, 0.25) is 0 Å². The summed E-state index contributed by atoms with van der Waals surface area (Å²) >= 11 is 0. The lowest BCUT2D eigenvalue weighted by Gasteiger charge is -2.02. The molecule has 2 rings (SSSR count). The number of anilines is 1. The van der Waals surface area contributed by atoms with Crippen molar-refractivity contribution in [3.63, 3.8) is 0 Å². The van der Waals surface area contributed by atoms with Crippen LogP contribution >= 0.6 is 0 Å². The summed E-state index contributed by atoms with van der Waals surface area (Å²) in [7, 11) is 3.74. The van der Waals surface area contributed by atoms with Crippen molar-refractivity contribution in [2.24, 2.45) is 0 Å². The molecule has 16 heavy (non-hydrogen) atoms. The van der Waals surface area contributed by atoms with Crippen LogP contribution in [0.4, 0.5) is 5.95 Å². The molecule has 0 aromatic carbocycles. The van der Waals surface area contributed by atoms with Gasteiger partial charge in [0.05, 0.1) is 5.69 Å². The van der Waals surface area contributed by atoms with Crippen LogP contribution in [0.25, 0.3) is 0 Å². The average Bonchev–Trinajstić information content (AvgIpc) is 2.83. The highest BCUT2D eigenvalue weighted by Crippen LogP contribution is 2.09. The third-order valence-corrected chi connectivity index (χ3v) is 2.13. The van der Waals surface area contributed by atoms with Crippen LogP contribution in [-0.2, 0) is 12.8 Å². The van der Waals surface area contributed by atoms with Gasteiger partial charge in [0.15, 0.2) is 0 Å². The molecule has 0 aliphatic carbocycles. The molecule has 0 aliphatic heterocycles. The number of hydrogen-bond donors (Lipinski definition) is 0. The Morgan fingerprint density at radius 3 is 2.56 bits per heavy atom. The number of rotatable bonds is 4. The lowest BCUT2D eigenvalue weighted by atomic mass is 10.2. The molecule has 0 saturated carbocycles. The zero-order chi connectivity index (χ0) is 11.5. The fourth-order valence-corrected chi connectivity index (χ4v) is 1.30. The Bertz CT molecular complexity index is 461. The first-order chi connectivity index (χ1) is 7.65. The number of aromatic nitrogens is 3. The van der Waals surface area contributed by atoms with Gasteiger partial charge in [0.2, 0.25) is 5.89 Å². The number of aryl methyl sites for hydroxylation is 3. The zero-order valence-corrected chi connectivity index (χ0v) is 9.60. The highest BCUT2D eigenvalue weighted by molar-refractivity contribution is 5.23. The molecule has 2 aromatic rings. The average molecular weight is 222 g/mol. The second-order valence-corrected chi connectivity index (χ2v) is 3.81. The Morgan fingerprint density at radius 1 is 1.19 bits per heavy atom. The van der Waals surface area contributed by atoms with Crippen molar-refractivity contribution < 1.29 is 9.05 Å². The molecular weight excluding hydrogens is 208 g/mol. The van der Waals surface area contributed by atoms with E-state index in [0.717, 1.165) is 17.9 Å². The van der Waals surface area contributed by atoms with E-state index in [-0.39, 0.29) is 0 Å². The summed E-state index contributed by atoms with van der Waals surface area (Å²) in [4.78, 5) is 6.02. The van der Waals surface area contributed by atoms with E-state index in [2.05, 4.69) is 15.3 Å². The summed E-state index contributed by atoms with van der Waals surface area (Å²) in [5.74, 6) is 2.02. The van der Waals surface area contributed by atoms with Crippen molar-refractivity contribution in [2.45, 2.75) is 19.8 Å². The van der Waals surface area contributed by atoms with E-state index in [1.807, 2.05) is 27.1 Å². The molecule has 0 saturated heterocycles. The fraction of sp³-hybridized carbons (Fsp3) is 0.500. The fourth-order valence-electron chi connectivity index (χ4n) is 1.30. The maximum atomic E-state index is 5.09. The Balaban J connectivity index is 1.94. The summed E-state index contributed by atoms with van der Waals surface area (Å²) in [6, 6.07) is 1.91. The molecule has 0 unspecified atom stereocenters. The van der Waals surface area contributed by atoms with E-state index in [4.69, 9.17) is 9.05 Å². The molecule has 2 aromatic heterocycles. The van der Waals surface area contributed by atoms with Gasteiger partial charge in [-0.2, -0.15) is 4.98 Å². The van der Waals surface area contributed by atoms with Gasteiger partial charge in [-0.15, -0.1) is 0 Å². The summed E-state index contributed by atoms with van der Waals surface area (Å²) < 4.78 is 10.1. The second-order valence-electron chi connectivity index (χ2n) is 3.81. The molecule has 0 spiro atoms. The third-order valence-electron chi connectivity index (χ3n) is 2.13. The maximum absolute atomic E-state index is 5.09. The molecule has 6 heteroatoms. The highest BCUT2D eigenvalue weighted by Gasteiger charge is 2.09. The smallest absolute Gasteiger partial charge is 0.265 e. The van der Waals surface area contributed by atoms with Crippen molar-refractivity contribution in [2.75, 3.05) is 19.0 Å². The second kappa shape index (κ2) is 4.34. The third kappa shape index (κ3) is 2.39. The van der Waals surface area contributed by atoms with Crippen LogP contribution in [-0.4, -0.2) is 29.4 Å². The minimum Gasteiger partial charge on any atom is -0.361 e. The van der Waals surface area contributed by atoms with Gasteiger partial charge in [0.25, 0.3) is 5.95 Å². The first-order valence-electron chi connectivity index (χ1n) is 5.07. The van der Waals surface area contributed by atoms with E-state index < -0.39 is 0 Å². The predicted molar refractivity (Wildman–Crippen MR) is 57.3 cm³/mol. The standard InChI is InChI=1S/C10H14N4O2/c1-7-6-8(12-15-7)4-5-9-11-10(13-16-9)14(2)3/h6H,4-5H2,1-3H3. The van der Waals surface area contributed by atoms with E-state index in [0.29, 0.717) is 18.3 Å². The molecule has 0 amide bonds. The van der Waals surface area contributed by atoms with Crippen molar-refractivity contribution in [1.29, 1.82) is 0 Å². The molecule has 2 heterocycles. The molecule has 0 fully saturated rings. The molecule has 0 bridgehead atoms. The largest absolute Gasteiger partial charge is 0.361 e. The van der Waals surface area contributed by atoms with Gasteiger partial charge >= 0.3 is 0 Å². The lowest BCUT2D eigenvalue weighted by molar-refractivity contribution is 0.371. The monoisotopic (exact) mass is 222 g/mol. The van der Waals surface area contributed by atoms with Crippen LogP contribution in [0.3, 0.4) is 0 Å². The van der Waals surface area contributed by atoms with Crippen molar-refractivity contribution in [3.05, 3.63) is 23.4 Å². The van der Waals surface area contributed by atoms with Crippen LogP contribution in [0.5, 0.6) is 0 Å². The topological polar surface area (TPSA) is 68.2 Å². The van der Waals surface area contributed by atoms with Gasteiger partial charge in [0, 0.05) is 33.0 Å². The molecule has 0 N–H and O–H groups in total. The lowest BCUT2D eigenvalue weighted by Crippen LogP contribution is -2.10. The molecule has 0 radical (unpaired) electrons. The minimum absolute atomic E-state index is 0.589. The molecule has 6 nitrogen and oxygen atoms in total. The van der Waals surface area contributed by atoms with E-state index >= 15 is 0 Å². The van der Waals surface area contributed by atoms with Crippen LogP contribution in [0, 0.1) is 6.92 Å². The van der Waals surface area contributed by atoms with Crippen molar-refractivity contribution >= 4 is 5.95 Å². The van der Waals surface area contributed by atoms with Crippen LogP contribution in [0.15, 0.2) is 15.1 Å². The van der Waals surface area contributed by atoms with Crippen LogP contribution in [0.1, 0.15) is 17.3 Å². The summed E-state index contributed by atoms with van der Waals surface area (Å²) in [6.45, 7) is 1.87. The van der Waals surface area contributed by atoms with E-state index in [9.17, 15) is 0 Å². The zero-order valence-electron chi connectivity index (χ0n) is 9.60. The predicted octanol–water partition coefficient (Wildman–Crippen LogP) is 1.22.